The number of rotatable bonds is 3. The summed E-state index contributed by atoms with van der Waals surface area (Å²) in [6.07, 6.45) is 2.14. The average Bonchev–Trinajstić information content (AvgIpc) is 1.65. The Hall–Kier alpha value is -0.0400. The van der Waals surface area contributed by atoms with Gasteiger partial charge in [0.25, 0.3) is 0 Å². The minimum Gasteiger partial charge on any atom is -0.251 e. The molecule has 0 aliphatic rings. The van der Waals surface area contributed by atoms with Crippen molar-refractivity contribution in [2.75, 3.05) is 0 Å². The lowest BCUT2D eigenvalue weighted by Gasteiger charge is -2.27. The predicted molar refractivity (Wildman–Crippen MR) is 41.2 cm³/mol. The Balaban J connectivity index is 3.70. The van der Waals surface area contributed by atoms with Gasteiger partial charge >= 0.3 is 0 Å². The topological polar surface area (TPSA) is 23.8 Å². The summed E-state index contributed by atoms with van der Waals surface area (Å²) >= 11 is 0. The first-order valence-corrected chi connectivity index (χ1v) is 3.75. The van der Waals surface area contributed by atoms with Gasteiger partial charge in [0.15, 0.2) is 0 Å². The summed E-state index contributed by atoms with van der Waals surface area (Å²) in [5.41, 5.74) is 7.58. The summed E-state index contributed by atoms with van der Waals surface area (Å²) in [5, 5.41) is 0. The van der Waals surface area contributed by atoms with Crippen molar-refractivity contribution in [1.82, 2.24) is 5.73 Å². The maximum atomic E-state index is 7.78. The van der Waals surface area contributed by atoms with Crippen molar-refractivity contribution < 1.29 is 0 Å². The first kappa shape index (κ1) is 8.96. The zero-order chi connectivity index (χ0) is 7.49. The molecule has 0 aromatic rings. The van der Waals surface area contributed by atoms with Crippen molar-refractivity contribution >= 4 is 0 Å². The lowest BCUT2D eigenvalue weighted by molar-refractivity contribution is 0.302. The highest BCUT2D eigenvalue weighted by molar-refractivity contribution is 4.79. The van der Waals surface area contributed by atoms with Crippen LogP contribution in [0.1, 0.15) is 40.5 Å². The molecule has 1 unspecified atom stereocenters. The molecule has 1 heteroatoms. The second-order valence-electron chi connectivity index (χ2n) is 3.32. The van der Waals surface area contributed by atoms with Gasteiger partial charge in [-0.05, 0) is 19.3 Å². The predicted octanol–water partition coefficient (Wildman–Crippen LogP) is 2.48. The third kappa shape index (κ3) is 2.85. The van der Waals surface area contributed by atoms with Crippen LogP contribution in [0, 0.1) is 5.92 Å². The second-order valence-corrected chi connectivity index (χ2v) is 3.32. The Labute approximate surface area is 58.6 Å². The van der Waals surface area contributed by atoms with Crippen LogP contribution >= 0.6 is 0 Å². The molecule has 55 valence electrons. The quantitative estimate of drug-likeness (QED) is 0.557. The van der Waals surface area contributed by atoms with E-state index in [0.717, 1.165) is 12.8 Å². The first-order chi connectivity index (χ1) is 4.00. The van der Waals surface area contributed by atoms with E-state index in [9.17, 15) is 0 Å². The van der Waals surface area contributed by atoms with E-state index in [-0.39, 0.29) is 5.54 Å². The van der Waals surface area contributed by atoms with Crippen molar-refractivity contribution in [2.45, 2.75) is 46.1 Å². The fourth-order valence-electron chi connectivity index (χ4n) is 0.808. The molecule has 1 N–H and O–H groups in total. The van der Waals surface area contributed by atoms with Crippen molar-refractivity contribution in [2.24, 2.45) is 5.92 Å². The van der Waals surface area contributed by atoms with Gasteiger partial charge in [0.2, 0.25) is 0 Å². The molecule has 0 aromatic heterocycles. The fourth-order valence-corrected chi connectivity index (χ4v) is 0.808. The largest absolute Gasteiger partial charge is 0.251 e. The highest BCUT2D eigenvalue weighted by Gasteiger charge is 2.21. The minimum atomic E-state index is -0.200. The maximum absolute atomic E-state index is 7.78. The SMILES string of the molecule is CCCC(C)([NH])C(C)C. The first-order valence-electron chi connectivity index (χ1n) is 3.75. The molecule has 9 heavy (non-hydrogen) atoms. The summed E-state index contributed by atoms with van der Waals surface area (Å²) in [6, 6.07) is 0. The Morgan fingerprint density at radius 2 is 1.89 bits per heavy atom. The van der Waals surface area contributed by atoms with E-state index >= 15 is 0 Å². The van der Waals surface area contributed by atoms with Gasteiger partial charge in [-0.1, -0.05) is 27.2 Å². The molecule has 0 fully saturated rings. The third-order valence-corrected chi connectivity index (χ3v) is 2.04. The second kappa shape index (κ2) is 3.21. The number of hydrogen-bond acceptors (Lipinski definition) is 0. The van der Waals surface area contributed by atoms with Crippen LogP contribution in [0.4, 0.5) is 0 Å². The van der Waals surface area contributed by atoms with Gasteiger partial charge in [0.05, 0.1) is 0 Å². The Bertz CT molecular complexity index is 74.6. The van der Waals surface area contributed by atoms with Gasteiger partial charge in [-0.2, -0.15) is 0 Å². The van der Waals surface area contributed by atoms with Crippen LogP contribution in [0.25, 0.3) is 0 Å². The monoisotopic (exact) mass is 128 g/mol. The molecular formula is C8H18N. The van der Waals surface area contributed by atoms with E-state index in [0.29, 0.717) is 5.92 Å². The summed E-state index contributed by atoms with van der Waals surface area (Å²) in [5.74, 6) is 0.484. The van der Waals surface area contributed by atoms with Crippen LogP contribution in [0.2, 0.25) is 0 Å². The molecule has 0 heterocycles. The van der Waals surface area contributed by atoms with Crippen molar-refractivity contribution in [1.29, 1.82) is 0 Å². The van der Waals surface area contributed by atoms with Crippen LogP contribution in [-0.2, 0) is 0 Å². The molecule has 0 aliphatic heterocycles. The smallest absolute Gasteiger partial charge is 0.0318 e. The lowest BCUT2D eigenvalue weighted by atomic mass is 9.86. The normalized spacial score (nSPS) is 18.0. The molecule has 1 nitrogen and oxygen atoms in total. The minimum absolute atomic E-state index is 0.200. The summed E-state index contributed by atoms with van der Waals surface area (Å²) in [7, 11) is 0. The molecule has 1 atom stereocenters. The van der Waals surface area contributed by atoms with E-state index in [4.69, 9.17) is 5.73 Å². The number of nitrogens with one attached hydrogen (secondary N) is 1. The molecule has 0 aromatic carbocycles. The maximum Gasteiger partial charge on any atom is 0.0318 e. The standard InChI is InChI=1S/C8H18N/c1-5-6-8(4,9)7(2)3/h7,9H,5-6H2,1-4H3. The molecule has 0 aliphatic carbocycles. The molecule has 0 rings (SSSR count). The Kier molecular flexibility index (Phi) is 3.20. The van der Waals surface area contributed by atoms with Crippen molar-refractivity contribution in [3.05, 3.63) is 0 Å². The van der Waals surface area contributed by atoms with E-state index in [1.54, 1.807) is 0 Å². The highest BCUT2D eigenvalue weighted by atomic mass is 14.7. The van der Waals surface area contributed by atoms with Crippen LogP contribution in [0.3, 0.4) is 0 Å². The zero-order valence-corrected chi connectivity index (χ0v) is 6.99. The van der Waals surface area contributed by atoms with E-state index < -0.39 is 0 Å². The van der Waals surface area contributed by atoms with Crippen LogP contribution in [0.5, 0.6) is 0 Å². The lowest BCUT2D eigenvalue weighted by Crippen LogP contribution is -2.32. The average molecular weight is 128 g/mol. The summed E-state index contributed by atoms with van der Waals surface area (Å²) < 4.78 is 0. The molecule has 0 saturated carbocycles. The third-order valence-electron chi connectivity index (χ3n) is 2.04. The van der Waals surface area contributed by atoms with Gasteiger partial charge in [0, 0.05) is 5.54 Å². The summed E-state index contributed by atoms with van der Waals surface area (Å²) in [4.78, 5) is 0. The number of hydrogen-bond donors (Lipinski definition) is 0. The highest BCUT2D eigenvalue weighted by Crippen LogP contribution is 2.20. The van der Waals surface area contributed by atoms with Crippen LogP contribution in [-0.4, -0.2) is 5.54 Å². The van der Waals surface area contributed by atoms with Crippen LogP contribution in [0.15, 0.2) is 0 Å². The van der Waals surface area contributed by atoms with Crippen molar-refractivity contribution in [3.8, 4) is 0 Å². The molecule has 0 amide bonds. The van der Waals surface area contributed by atoms with Gasteiger partial charge in [-0.3, -0.25) is 5.73 Å². The zero-order valence-electron chi connectivity index (χ0n) is 6.99. The Morgan fingerprint density at radius 3 is 2.00 bits per heavy atom. The van der Waals surface area contributed by atoms with Gasteiger partial charge < -0.3 is 0 Å². The molecule has 1 radical (unpaired) electrons. The van der Waals surface area contributed by atoms with Crippen molar-refractivity contribution in [3.63, 3.8) is 0 Å². The van der Waals surface area contributed by atoms with E-state index in [2.05, 4.69) is 20.8 Å². The van der Waals surface area contributed by atoms with E-state index in [1.807, 2.05) is 6.92 Å². The molecular weight excluding hydrogens is 110 g/mol. The van der Waals surface area contributed by atoms with Gasteiger partial charge in [-0.15, -0.1) is 0 Å². The van der Waals surface area contributed by atoms with Gasteiger partial charge in [0.1, 0.15) is 0 Å². The van der Waals surface area contributed by atoms with Crippen LogP contribution < -0.4 is 5.73 Å². The van der Waals surface area contributed by atoms with Gasteiger partial charge in [-0.25, -0.2) is 0 Å². The summed E-state index contributed by atoms with van der Waals surface area (Å²) in [6.45, 7) is 8.38. The van der Waals surface area contributed by atoms with E-state index in [1.165, 1.54) is 0 Å². The molecule has 0 bridgehead atoms. The Morgan fingerprint density at radius 1 is 1.44 bits per heavy atom. The molecule has 0 saturated heterocycles. The fraction of sp³-hybridized carbons (Fsp3) is 1.00. The molecule has 0 spiro atoms.